The van der Waals surface area contributed by atoms with Gasteiger partial charge in [-0.25, -0.2) is 0 Å². The minimum absolute atomic E-state index is 0.0628. The van der Waals surface area contributed by atoms with Gasteiger partial charge in [0, 0.05) is 25.2 Å². The standard InChI is InChI=1S/C10H22N2O2/c1-10(4-5-14-8-10)11-6-9(13)7-12(2)3/h9,11,13H,4-8H2,1-3H3. The number of likely N-dealkylation sites (N-methyl/N-ethyl adjacent to an activating group) is 1. The summed E-state index contributed by atoms with van der Waals surface area (Å²) in [6, 6.07) is 0. The normalized spacial score (nSPS) is 29.8. The Morgan fingerprint density at radius 3 is 2.79 bits per heavy atom. The molecule has 1 saturated heterocycles. The summed E-state index contributed by atoms with van der Waals surface area (Å²) >= 11 is 0. The predicted octanol–water partition coefficient (Wildman–Crippen LogP) is -0.322. The molecule has 4 nitrogen and oxygen atoms in total. The van der Waals surface area contributed by atoms with Gasteiger partial charge in [0.1, 0.15) is 0 Å². The average Bonchev–Trinajstić information content (AvgIpc) is 2.49. The number of aliphatic hydroxyl groups is 1. The van der Waals surface area contributed by atoms with Crippen LogP contribution in [0, 0.1) is 0 Å². The maximum atomic E-state index is 9.65. The van der Waals surface area contributed by atoms with Crippen LogP contribution in [-0.4, -0.2) is 62.0 Å². The molecule has 0 aliphatic carbocycles. The topological polar surface area (TPSA) is 44.7 Å². The van der Waals surface area contributed by atoms with E-state index in [9.17, 15) is 5.11 Å². The van der Waals surface area contributed by atoms with Crippen molar-refractivity contribution in [1.82, 2.24) is 10.2 Å². The average molecular weight is 202 g/mol. The van der Waals surface area contributed by atoms with Gasteiger partial charge in [0.05, 0.1) is 12.7 Å². The first-order chi connectivity index (χ1) is 6.52. The fourth-order valence-electron chi connectivity index (χ4n) is 1.66. The van der Waals surface area contributed by atoms with E-state index in [1.165, 1.54) is 0 Å². The summed E-state index contributed by atoms with van der Waals surface area (Å²) in [4.78, 5) is 1.99. The van der Waals surface area contributed by atoms with Crippen LogP contribution in [0.25, 0.3) is 0 Å². The number of ether oxygens (including phenoxy) is 1. The Labute approximate surface area is 86.2 Å². The summed E-state index contributed by atoms with van der Waals surface area (Å²) in [5.41, 5.74) is 0.0628. The molecule has 1 fully saturated rings. The van der Waals surface area contributed by atoms with Crippen LogP contribution in [0.5, 0.6) is 0 Å². The van der Waals surface area contributed by atoms with Crippen LogP contribution >= 0.6 is 0 Å². The zero-order chi connectivity index (χ0) is 10.6. The van der Waals surface area contributed by atoms with Crippen molar-refractivity contribution in [3.8, 4) is 0 Å². The minimum Gasteiger partial charge on any atom is -0.390 e. The Balaban J connectivity index is 2.18. The lowest BCUT2D eigenvalue weighted by molar-refractivity contribution is 0.117. The van der Waals surface area contributed by atoms with Crippen LogP contribution in [0.1, 0.15) is 13.3 Å². The second-order valence-corrected chi connectivity index (χ2v) is 4.66. The number of hydrogen-bond donors (Lipinski definition) is 2. The maximum absolute atomic E-state index is 9.65. The van der Waals surface area contributed by atoms with Crippen molar-refractivity contribution >= 4 is 0 Å². The van der Waals surface area contributed by atoms with E-state index in [0.29, 0.717) is 13.1 Å². The number of nitrogens with one attached hydrogen (secondary N) is 1. The van der Waals surface area contributed by atoms with Gasteiger partial charge in [-0.3, -0.25) is 0 Å². The molecule has 1 aliphatic heterocycles. The molecule has 0 spiro atoms. The first-order valence-electron chi connectivity index (χ1n) is 5.17. The molecule has 14 heavy (non-hydrogen) atoms. The zero-order valence-electron chi connectivity index (χ0n) is 9.42. The molecule has 2 unspecified atom stereocenters. The molecule has 4 heteroatoms. The highest BCUT2D eigenvalue weighted by atomic mass is 16.5. The second kappa shape index (κ2) is 5.07. The van der Waals surface area contributed by atoms with Gasteiger partial charge in [-0.15, -0.1) is 0 Å². The summed E-state index contributed by atoms with van der Waals surface area (Å²) in [6.45, 7) is 5.05. The van der Waals surface area contributed by atoms with Crippen LogP contribution in [0.15, 0.2) is 0 Å². The summed E-state index contributed by atoms with van der Waals surface area (Å²) in [5.74, 6) is 0. The predicted molar refractivity (Wildman–Crippen MR) is 56.4 cm³/mol. The van der Waals surface area contributed by atoms with Crippen LogP contribution in [-0.2, 0) is 4.74 Å². The lowest BCUT2D eigenvalue weighted by Gasteiger charge is -2.26. The van der Waals surface area contributed by atoms with E-state index < -0.39 is 0 Å². The molecule has 84 valence electrons. The SMILES string of the molecule is CN(C)CC(O)CNC1(C)CCOC1. The summed E-state index contributed by atoms with van der Waals surface area (Å²) in [6.07, 6.45) is 0.726. The lowest BCUT2D eigenvalue weighted by atomic mass is 10.0. The monoisotopic (exact) mass is 202 g/mol. The fourth-order valence-corrected chi connectivity index (χ4v) is 1.66. The highest BCUT2D eigenvalue weighted by Gasteiger charge is 2.29. The molecular weight excluding hydrogens is 180 g/mol. The number of hydrogen-bond acceptors (Lipinski definition) is 4. The largest absolute Gasteiger partial charge is 0.390 e. The minimum atomic E-state index is -0.303. The van der Waals surface area contributed by atoms with Gasteiger partial charge in [0.15, 0.2) is 0 Å². The summed E-state index contributed by atoms with van der Waals surface area (Å²) < 4.78 is 5.32. The Kier molecular flexibility index (Phi) is 4.31. The molecular formula is C10H22N2O2. The van der Waals surface area contributed by atoms with E-state index in [1.54, 1.807) is 0 Å². The van der Waals surface area contributed by atoms with Crippen molar-refractivity contribution < 1.29 is 9.84 Å². The maximum Gasteiger partial charge on any atom is 0.0791 e. The van der Waals surface area contributed by atoms with Gasteiger partial charge in [0.25, 0.3) is 0 Å². The van der Waals surface area contributed by atoms with Gasteiger partial charge in [0.2, 0.25) is 0 Å². The summed E-state index contributed by atoms with van der Waals surface area (Å²) in [7, 11) is 3.92. The van der Waals surface area contributed by atoms with Crippen molar-refractivity contribution in [2.75, 3.05) is 40.4 Å². The lowest BCUT2D eigenvalue weighted by Crippen LogP contribution is -2.48. The van der Waals surface area contributed by atoms with E-state index in [4.69, 9.17) is 4.74 Å². The summed E-state index contributed by atoms with van der Waals surface area (Å²) in [5, 5.41) is 13.0. The molecule has 0 aromatic heterocycles. The first-order valence-corrected chi connectivity index (χ1v) is 5.17. The van der Waals surface area contributed by atoms with Crippen LogP contribution in [0.3, 0.4) is 0 Å². The van der Waals surface area contributed by atoms with E-state index in [0.717, 1.165) is 19.6 Å². The van der Waals surface area contributed by atoms with Gasteiger partial charge in [-0.2, -0.15) is 0 Å². The Hall–Kier alpha value is -0.160. The van der Waals surface area contributed by atoms with Gasteiger partial charge < -0.3 is 20.1 Å². The molecule has 1 heterocycles. The number of aliphatic hydroxyl groups excluding tert-OH is 1. The number of β-amino-alcohol motifs (C(OH)–C–C–N with tert-alkyl or cyclic N) is 1. The van der Waals surface area contributed by atoms with Crippen LogP contribution in [0.4, 0.5) is 0 Å². The third-order valence-corrected chi connectivity index (χ3v) is 2.56. The molecule has 2 atom stereocenters. The van der Waals surface area contributed by atoms with Crippen LogP contribution < -0.4 is 5.32 Å². The highest BCUT2D eigenvalue weighted by molar-refractivity contribution is 4.87. The quantitative estimate of drug-likeness (QED) is 0.641. The molecule has 0 radical (unpaired) electrons. The Bertz CT molecular complexity index is 168. The molecule has 0 amide bonds. The van der Waals surface area contributed by atoms with Crippen molar-refractivity contribution in [2.45, 2.75) is 25.0 Å². The van der Waals surface area contributed by atoms with Crippen molar-refractivity contribution in [3.63, 3.8) is 0 Å². The van der Waals surface area contributed by atoms with E-state index in [-0.39, 0.29) is 11.6 Å². The van der Waals surface area contributed by atoms with Crippen LogP contribution in [0.2, 0.25) is 0 Å². The van der Waals surface area contributed by atoms with E-state index in [1.807, 2.05) is 19.0 Å². The number of rotatable bonds is 5. The van der Waals surface area contributed by atoms with Crippen molar-refractivity contribution in [3.05, 3.63) is 0 Å². The van der Waals surface area contributed by atoms with Crippen molar-refractivity contribution in [2.24, 2.45) is 0 Å². The second-order valence-electron chi connectivity index (χ2n) is 4.66. The fraction of sp³-hybridized carbons (Fsp3) is 1.00. The molecule has 0 aromatic rings. The third kappa shape index (κ3) is 3.92. The molecule has 0 saturated carbocycles. The van der Waals surface area contributed by atoms with E-state index >= 15 is 0 Å². The van der Waals surface area contributed by atoms with Gasteiger partial charge in [-0.05, 0) is 27.4 Å². The smallest absolute Gasteiger partial charge is 0.0791 e. The highest BCUT2D eigenvalue weighted by Crippen LogP contribution is 2.16. The van der Waals surface area contributed by atoms with Gasteiger partial charge in [-0.1, -0.05) is 0 Å². The Morgan fingerprint density at radius 2 is 2.29 bits per heavy atom. The molecule has 0 aromatic carbocycles. The number of nitrogens with zero attached hydrogens (tertiary/aromatic N) is 1. The third-order valence-electron chi connectivity index (χ3n) is 2.56. The molecule has 2 N–H and O–H groups in total. The Morgan fingerprint density at radius 1 is 1.57 bits per heavy atom. The molecule has 1 aliphatic rings. The van der Waals surface area contributed by atoms with E-state index in [2.05, 4.69) is 12.2 Å². The molecule has 0 bridgehead atoms. The van der Waals surface area contributed by atoms with Gasteiger partial charge >= 0.3 is 0 Å². The van der Waals surface area contributed by atoms with Crippen molar-refractivity contribution in [1.29, 1.82) is 0 Å². The zero-order valence-corrected chi connectivity index (χ0v) is 9.42. The molecule has 1 rings (SSSR count). The first kappa shape index (κ1) is 11.9.